The van der Waals surface area contributed by atoms with Crippen LogP contribution in [0.15, 0.2) is 18.2 Å². The largest absolute Gasteiger partial charge is 0.315 e. The van der Waals surface area contributed by atoms with E-state index >= 15 is 0 Å². The highest BCUT2D eigenvalue weighted by molar-refractivity contribution is 5.09. The summed E-state index contributed by atoms with van der Waals surface area (Å²) in [5.41, 5.74) is 2.30. The molecule has 0 aliphatic rings. The molecule has 0 radical (unpaired) electrons. The predicted octanol–water partition coefficient (Wildman–Crippen LogP) is 3.77. The molecule has 3 nitrogen and oxygen atoms in total. The van der Waals surface area contributed by atoms with Gasteiger partial charge < -0.3 is 5.32 Å². The van der Waals surface area contributed by atoms with Crippen molar-refractivity contribution in [2.75, 3.05) is 19.6 Å². The number of nitrogens with one attached hydrogen (secondary N) is 1. The smallest absolute Gasteiger partial charge is 0.0547 e. The Balaban J connectivity index is 2.14. The molecule has 0 atom stereocenters. The van der Waals surface area contributed by atoms with Gasteiger partial charge in [-0.2, -0.15) is 0 Å². The van der Waals surface area contributed by atoms with Crippen LogP contribution in [0.1, 0.15) is 57.8 Å². The summed E-state index contributed by atoms with van der Waals surface area (Å²) in [6.07, 6.45) is 5.25. The lowest BCUT2D eigenvalue weighted by molar-refractivity contribution is 0.269. The second kappa shape index (κ2) is 10.7. The average Bonchev–Trinajstić information content (AvgIpc) is 2.44. The maximum Gasteiger partial charge on any atom is 0.0547 e. The number of rotatable bonds is 11. The van der Waals surface area contributed by atoms with Crippen LogP contribution in [0.25, 0.3) is 0 Å². The summed E-state index contributed by atoms with van der Waals surface area (Å²) >= 11 is 0. The molecule has 0 aliphatic heterocycles. The highest BCUT2D eigenvalue weighted by Gasteiger charge is 2.04. The van der Waals surface area contributed by atoms with Gasteiger partial charge in [0.25, 0.3) is 0 Å². The zero-order valence-electron chi connectivity index (χ0n) is 14.4. The lowest BCUT2D eigenvalue weighted by Crippen LogP contribution is -2.25. The van der Waals surface area contributed by atoms with E-state index < -0.39 is 0 Å². The molecule has 0 aliphatic carbocycles. The van der Waals surface area contributed by atoms with E-state index in [1.165, 1.54) is 37.9 Å². The summed E-state index contributed by atoms with van der Waals surface area (Å²) in [5.74, 6) is 0. The van der Waals surface area contributed by atoms with Gasteiger partial charge in [-0.25, -0.2) is 0 Å². The van der Waals surface area contributed by atoms with Crippen molar-refractivity contribution in [3.05, 3.63) is 29.6 Å². The Hall–Kier alpha value is -0.930. The maximum absolute atomic E-state index is 4.60. The Labute approximate surface area is 131 Å². The van der Waals surface area contributed by atoms with Crippen LogP contribution in [0.5, 0.6) is 0 Å². The van der Waals surface area contributed by atoms with Gasteiger partial charge in [-0.15, -0.1) is 0 Å². The highest BCUT2D eigenvalue weighted by Crippen LogP contribution is 2.06. The highest BCUT2D eigenvalue weighted by atomic mass is 15.1. The molecule has 120 valence electrons. The van der Waals surface area contributed by atoms with Gasteiger partial charge in [-0.1, -0.05) is 39.7 Å². The van der Waals surface area contributed by atoms with Crippen LogP contribution >= 0.6 is 0 Å². The van der Waals surface area contributed by atoms with Crippen molar-refractivity contribution in [1.82, 2.24) is 15.2 Å². The minimum atomic E-state index is 0.613. The molecule has 0 saturated heterocycles. The van der Waals surface area contributed by atoms with Crippen molar-refractivity contribution in [2.45, 2.75) is 66.0 Å². The molecule has 0 aromatic carbocycles. The van der Waals surface area contributed by atoms with Crippen LogP contribution in [0.2, 0.25) is 0 Å². The fourth-order valence-electron chi connectivity index (χ4n) is 2.47. The molecule has 0 saturated carbocycles. The van der Waals surface area contributed by atoms with Crippen molar-refractivity contribution in [1.29, 1.82) is 0 Å². The fraction of sp³-hybridized carbons (Fsp3) is 0.722. The molecule has 0 bridgehead atoms. The normalized spacial score (nSPS) is 11.5. The molecule has 0 unspecified atom stereocenters. The van der Waals surface area contributed by atoms with E-state index in [1.807, 2.05) is 0 Å². The number of pyridine rings is 1. The molecule has 21 heavy (non-hydrogen) atoms. The van der Waals surface area contributed by atoms with E-state index in [0.717, 1.165) is 25.3 Å². The van der Waals surface area contributed by atoms with Crippen LogP contribution < -0.4 is 5.32 Å². The standard InChI is InChI=1S/C18H33N3/c1-5-21(15-18-12-10-11-17(4)20-18)14-9-7-6-8-13-19-16(2)3/h10-12,16,19H,5-9,13-15H2,1-4H3. The molecule has 1 N–H and O–H groups in total. The first-order valence-electron chi connectivity index (χ1n) is 8.50. The molecule has 1 aromatic rings. The van der Waals surface area contributed by atoms with Crippen molar-refractivity contribution in [3.8, 4) is 0 Å². The van der Waals surface area contributed by atoms with Crippen molar-refractivity contribution < 1.29 is 0 Å². The SMILES string of the molecule is CCN(CCCCCCNC(C)C)Cc1cccc(C)n1. The van der Waals surface area contributed by atoms with Crippen molar-refractivity contribution >= 4 is 0 Å². The minimum absolute atomic E-state index is 0.613. The van der Waals surface area contributed by atoms with E-state index in [9.17, 15) is 0 Å². The van der Waals surface area contributed by atoms with Gasteiger partial charge in [0.15, 0.2) is 0 Å². The van der Waals surface area contributed by atoms with Crippen LogP contribution in [-0.2, 0) is 6.54 Å². The molecular weight excluding hydrogens is 258 g/mol. The third-order valence-electron chi connectivity index (χ3n) is 3.73. The number of hydrogen-bond acceptors (Lipinski definition) is 3. The molecule has 1 heterocycles. The second-order valence-electron chi connectivity index (χ2n) is 6.16. The Bertz CT molecular complexity index is 376. The third-order valence-corrected chi connectivity index (χ3v) is 3.73. The van der Waals surface area contributed by atoms with Crippen LogP contribution in [0.4, 0.5) is 0 Å². The molecule has 0 fully saturated rings. The summed E-state index contributed by atoms with van der Waals surface area (Å²) < 4.78 is 0. The summed E-state index contributed by atoms with van der Waals surface area (Å²) in [4.78, 5) is 7.09. The topological polar surface area (TPSA) is 28.2 Å². The molecule has 1 rings (SSSR count). The Morgan fingerprint density at radius 2 is 1.90 bits per heavy atom. The third kappa shape index (κ3) is 8.84. The van der Waals surface area contributed by atoms with Gasteiger partial charge in [0, 0.05) is 18.3 Å². The second-order valence-corrected chi connectivity index (χ2v) is 6.16. The van der Waals surface area contributed by atoms with Gasteiger partial charge in [-0.3, -0.25) is 9.88 Å². The Kier molecular flexibility index (Phi) is 9.27. The van der Waals surface area contributed by atoms with Gasteiger partial charge in [0.1, 0.15) is 0 Å². The first kappa shape index (κ1) is 18.1. The molecular formula is C18H33N3. The fourth-order valence-corrected chi connectivity index (χ4v) is 2.47. The van der Waals surface area contributed by atoms with Crippen molar-refractivity contribution in [2.24, 2.45) is 0 Å². The zero-order chi connectivity index (χ0) is 15.5. The van der Waals surface area contributed by atoms with Crippen LogP contribution in [-0.4, -0.2) is 35.6 Å². The first-order valence-corrected chi connectivity index (χ1v) is 8.50. The predicted molar refractivity (Wildman–Crippen MR) is 91.5 cm³/mol. The Morgan fingerprint density at radius 1 is 1.14 bits per heavy atom. The Morgan fingerprint density at radius 3 is 2.57 bits per heavy atom. The maximum atomic E-state index is 4.60. The van der Waals surface area contributed by atoms with Gasteiger partial charge in [-0.05, 0) is 51.5 Å². The van der Waals surface area contributed by atoms with E-state index in [0.29, 0.717) is 6.04 Å². The van der Waals surface area contributed by atoms with E-state index in [4.69, 9.17) is 0 Å². The quantitative estimate of drug-likeness (QED) is 0.629. The minimum Gasteiger partial charge on any atom is -0.315 e. The van der Waals surface area contributed by atoms with Crippen LogP contribution in [0, 0.1) is 6.92 Å². The zero-order valence-corrected chi connectivity index (χ0v) is 14.4. The number of nitrogens with zero attached hydrogens (tertiary/aromatic N) is 2. The number of aromatic nitrogens is 1. The lowest BCUT2D eigenvalue weighted by Gasteiger charge is -2.20. The summed E-state index contributed by atoms with van der Waals surface area (Å²) in [6, 6.07) is 6.91. The van der Waals surface area contributed by atoms with E-state index in [-0.39, 0.29) is 0 Å². The summed E-state index contributed by atoms with van der Waals surface area (Å²) in [6.45, 7) is 13.1. The lowest BCUT2D eigenvalue weighted by atomic mass is 10.1. The van der Waals surface area contributed by atoms with Crippen LogP contribution in [0.3, 0.4) is 0 Å². The molecule has 0 amide bonds. The number of aryl methyl sites for hydroxylation is 1. The van der Waals surface area contributed by atoms with Gasteiger partial charge >= 0.3 is 0 Å². The monoisotopic (exact) mass is 291 g/mol. The van der Waals surface area contributed by atoms with Gasteiger partial charge in [0.2, 0.25) is 0 Å². The average molecular weight is 291 g/mol. The molecule has 0 spiro atoms. The van der Waals surface area contributed by atoms with E-state index in [2.05, 4.69) is 61.1 Å². The molecule has 3 heteroatoms. The van der Waals surface area contributed by atoms with Gasteiger partial charge in [0.05, 0.1) is 5.69 Å². The number of unbranched alkanes of at least 4 members (excludes halogenated alkanes) is 3. The number of hydrogen-bond donors (Lipinski definition) is 1. The molecule has 1 aromatic heterocycles. The summed E-state index contributed by atoms with van der Waals surface area (Å²) in [7, 11) is 0. The van der Waals surface area contributed by atoms with Crippen molar-refractivity contribution in [3.63, 3.8) is 0 Å². The van der Waals surface area contributed by atoms with E-state index in [1.54, 1.807) is 0 Å². The summed E-state index contributed by atoms with van der Waals surface area (Å²) in [5, 5.41) is 3.48. The first-order chi connectivity index (χ1) is 10.1.